The van der Waals surface area contributed by atoms with E-state index in [1.54, 1.807) is 9.47 Å². The number of hydrogen-bond acceptors (Lipinski definition) is 4. The predicted molar refractivity (Wildman–Crippen MR) is 160 cm³/mol. The number of rotatable bonds is 6. The summed E-state index contributed by atoms with van der Waals surface area (Å²) in [4.78, 5) is 42.2. The van der Waals surface area contributed by atoms with Gasteiger partial charge in [-0.15, -0.1) is 0 Å². The Morgan fingerprint density at radius 2 is 1.76 bits per heavy atom. The van der Waals surface area contributed by atoms with Crippen molar-refractivity contribution in [3.05, 3.63) is 111 Å². The van der Waals surface area contributed by atoms with Gasteiger partial charge in [-0.2, -0.15) is 0 Å². The van der Waals surface area contributed by atoms with E-state index in [2.05, 4.69) is 5.32 Å². The summed E-state index contributed by atoms with van der Waals surface area (Å²) < 4.78 is 35.0. The second-order valence-electron chi connectivity index (χ2n) is 9.92. The molecule has 2 amide bonds. The number of carbonyl (C=O) groups excluding carboxylic acids is 2. The van der Waals surface area contributed by atoms with Gasteiger partial charge in [-0.1, -0.05) is 76.2 Å². The Morgan fingerprint density at radius 1 is 1.07 bits per heavy atom. The first-order valence-corrected chi connectivity index (χ1v) is 14.3. The first kappa shape index (κ1) is 32.2. The highest BCUT2D eigenvalue weighted by atomic mass is 19.1. The average Bonchev–Trinajstić information content (AvgIpc) is 3.13. The van der Waals surface area contributed by atoms with Crippen LogP contribution >= 0.6 is 0 Å². The monoisotopic (exact) mass is 579 g/mol. The highest BCUT2D eigenvalue weighted by Gasteiger charge is 2.44. The SMILES string of the molecule is CC.CC.CC1C=CCC2(C)CN1C(=O)c1c(OCc3ccccc3)c(=O)c(C(=O)NCc3ccc(F)cc3F)cn12. The van der Waals surface area contributed by atoms with Gasteiger partial charge in [0.1, 0.15) is 23.8 Å². The number of pyridine rings is 1. The largest absolute Gasteiger partial charge is 0.483 e. The van der Waals surface area contributed by atoms with Crippen molar-refractivity contribution in [3.63, 3.8) is 0 Å². The number of nitrogens with one attached hydrogen (secondary N) is 1. The van der Waals surface area contributed by atoms with Gasteiger partial charge in [-0.25, -0.2) is 8.78 Å². The minimum atomic E-state index is -0.808. The van der Waals surface area contributed by atoms with Gasteiger partial charge >= 0.3 is 0 Å². The number of benzene rings is 2. The Labute approximate surface area is 245 Å². The van der Waals surface area contributed by atoms with E-state index >= 15 is 0 Å². The summed E-state index contributed by atoms with van der Waals surface area (Å²) >= 11 is 0. The second kappa shape index (κ2) is 14.1. The second-order valence-corrected chi connectivity index (χ2v) is 9.92. The molecule has 3 heterocycles. The standard InChI is InChI=1S/C29H27F2N3O4.2C2H6/c1-18-7-6-12-29(2)17-33(18)28(37)24-26(38-16-19-8-4-3-5-9-19)25(35)22(15-34(24)29)27(36)32-14-20-10-11-21(30)13-23(20)31;2*1-2/h3-11,13,15,18H,12,14,16-17H2,1-2H3,(H,32,36);2*1-2H3. The van der Waals surface area contributed by atoms with Crippen LogP contribution in [0.3, 0.4) is 0 Å². The lowest BCUT2D eigenvalue weighted by Gasteiger charge is -2.44. The van der Waals surface area contributed by atoms with Crippen molar-refractivity contribution in [1.82, 2.24) is 14.8 Å². The van der Waals surface area contributed by atoms with E-state index < -0.39 is 28.5 Å². The molecule has 2 unspecified atom stereocenters. The van der Waals surface area contributed by atoms with E-state index in [0.717, 1.165) is 17.7 Å². The fourth-order valence-corrected chi connectivity index (χ4v) is 4.94. The average molecular weight is 580 g/mol. The summed E-state index contributed by atoms with van der Waals surface area (Å²) in [5.74, 6) is -2.86. The molecule has 0 saturated heterocycles. The van der Waals surface area contributed by atoms with E-state index in [-0.39, 0.29) is 47.7 Å². The van der Waals surface area contributed by atoms with Crippen LogP contribution in [0, 0.1) is 11.6 Å². The van der Waals surface area contributed by atoms with Crippen molar-refractivity contribution in [2.75, 3.05) is 6.54 Å². The first-order valence-electron chi connectivity index (χ1n) is 14.3. The third-order valence-corrected chi connectivity index (χ3v) is 7.11. The fraction of sp³-hybridized carbons (Fsp3) is 0.364. The molecule has 0 radical (unpaired) electrons. The summed E-state index contributed by atoms with van der Waals surface area (Å²) in [5.41, 5.74) is -0.657. The molecular formula is C33H39F2N3O4. The van der Waals surface area contributed by atoms with E-state index in [4.69, 9.17) is 4.74 Å². The third kappa shape index (κ3) is 6.61. The molecule has 9 heteroatoms. The molecule has 0 spiro atoms. The molecule has 1 N–H and O–H groups in total. The summed E-state index contributed by atoms with van der Waals surface area (Å²) in [5, 5.41) is 2.54. The van der Waals surface area contributed by atoms with Crippen LogP contribution in [0.4, 0.5) is 8.78 Å². The molecule has 42 heavy (non-hydrogen) atoms. The molecule has 1 aromatic heterocycles. The maximum Gasteiger partial charge on any atom is 0.275 e. The van der Waals surface area contributed by atoms with Gasteiger partial charge in [0.05, 0.1) is 5.54 Å². The minimum Gasteiger partial charge on any atom is -0.483 e. The maximum absolute atomic E-state index is 14.1. The molecule has 224 valence electrons. The molecular weight excluding hydrogens is 540 g/mol. The summed E-state index contributed by atoms with van der Waals surface area (Å²) in [6, 6.07) is 12.0. The van der Waals surface area contributed by atoms with Crippen LogP contribution in [0.5, 0.6) is 5.75 Å². The number of carbonyl (C=O) groups is 2. The van der Waals surface area contributed by atoms with Crippen molar-refractivity contribution in [2.24, 2.45) is 0 Å². The van der Waals surface area contributed by atoms with Crippen LogP contribution in [0.25, 0.3) is 0 Å². The van der Waals surface area contributed by atoms with Crippen molar-refractivity contribution in [2.45, 2.75) is 72.7 Å². The van der Waals surface area contributed by atoms with Crippen molar-refractivity contribution >= 4 is 11.8 Å². The molecule has 3 aromatic rings. The Morgan fingerprint density at radius 3 is 2.43 bits per heavy atom. The Bertz CT molecular complexity index is 1500. The first-order chi connectivity index (χ1) is 20.2. The summed E-state index contributed by atoms with van der Waals surface area (Å²) in [7, 11) is 0. The third-order valence-electron chi connectivity index (χ3n) is 7.11. The zero-order chi connectivity index (χ0) is 31.0. The minimum absolute atomic E-state index is 0.0206. The highest BCUT2D eigenvalue weighted by molar-refractivity contribution is 5.99. The van der Waals surface area contributed by atoms with Crippen molar-refractivity contribution in [3.8, 4) is 5.75 Å². The number of ether oxygens (including phenoxy) is 1. The van der Waals surface area contributed by atoms with Gasteiger partial charge in [0.2, 0.25) is 5.43 Å². The van der Waals surface area contributed by atoms with Gasteiger partial charge in [0.25, 0.3) is 11.8 Å². The summed E-state index contributed by atoms with van der Waals surface area (Å²) in [6.07, 6.45) is 5.90. The molecule has 2 aliphatic heterocycles. The molecule has 5 rings (SSSR count). The highest BCUT2D eigenvalue weighted by Crippen LogP contribution is 2.36. The molecule has 7 nitrogen and oxygen atoms in total. The normalized spacial score (nSPS) is 18.4. The van der Waals surface area contributed by atoms with E-state index in [0.29, 0.717) is 13.0 Å². The van der Waals surface area contributed by atoms with Crippen LogP contribution in [0.1, 0.15) is 79.9 Å². The predicted octanol–water partition coefficient (Wildman–Crippen LogP) is 6.21. The van der Waals surface area contributed by atoms with Crippen LogP contribution in [-0.2, 0) is 18.7 Å². The molecule has 2 aliphatic rings. The van der Waals surface area contributed by atoms with Crippen LogP contribution < -0.4 is 15.5 Å². The number of hydrogen-bond donors (Lipinski definition) is 1. The quantitative estimate of drug-likeness (QED) is 0.352. The lowest BCUT2D eigenvalue weighted by Crippen LogP contribution is -2.54. The van der Waals surface area contributed by atoms with Crippen molar-refractivity contribution in [1.29, 1.82) is 0 Å². The fourth-order valence-electron chi connectivity index (χ4n) is 4.94. The smallest absolute Gasteiger partial charge is 0.275 e. The number of fused-ring (bicyclic) bond motifs is 4. The van der Waals surface area contributed by atoms with Crippen LogP contribution in [0.15, 0.2) is 71.7 Å². The number of aromatic nitrogens is 1. The van der Waals surface area contributed by atoms with E-state index in [1.165, 1.54) is 12.3 Å². The molecule has 2 atom stereocenters. The molecule has 2 aromatic carbocycles. The topological polar surface area (TPSA) is 80.6 Å². The van der Waals surface area contributed by atoms with E-state index in [9.17, 15) is 23.2 Å². The van der Waals surface area contributed by atoms with Gasteiger partial charge in [0.15, 0.2) is 11.4 Å². The van der Waals surface area contributed by atoms with Crippen molar-refractivity contribution < 1.29 is 23.1 Å². The number of halogens is 2. The van der Waals surface area contributed by atoms with E-state index in [1.807, 2.05) is 84.0 Å². The Balaban J connectivity index is 0.00000116. The number of allylic oxidation sites excluding steroid dienone is 1. The zero-order valence-electron chi connectivity index (χ0n) is 25.0. The zero-order valence-corrected chi connectivity index (χ0v) is 25.0. The van der Waals surface area contributed by atoms with Crippen LogP contribution in [-0.4, -0.2) is 33.9 Å². The van der Waals surface area contributed by atoms with Gasteiger partial charge < -0.3 is 19.5 Å². The number of amides is 2. The Kier molecular flexibility index (Phi) is 10.8. The molecule has 2 bridgehead atoms. The summed E-state index contributed by atoms with van der Waals surface area (Å²) in [6.45, 7) is 12.0. The molecule has 0 aliphatic carbocycles. The maximum atomic E-state index is 14.1. The van der Waals surface area contributed by atoms with Gasteiger partial charge in [0, 0.05) is 37.0 Å². The van der Waals surface area contributed by atoms with Crippen LogP contribution in [0.2, 0.25) is 0 Å². The Hall–Kier alpha value is -4.27. The lowest BCUT2D eigenvalue weighted by molar-refractivity contribution is 0.0529. The molecule has 0 saturated carbocycles. The van der Waals surface area contributed by atoms with Gasteiger partial charge in [-0.05, 0) is 31.9 Å². The number of nitrogens with zero attached hydrogens (tertiary/aromatic N) is 2. The van der Waals surface area contributed by atoms with Gasteiger partial charge in [-0.3, -0.25) is 14.4 Å². The lowest BCUT2D eigenvalue weighted by atomic mass is 9.92. The molecule has 0 fully saturated rings.